The number of hydrogen-bond donors (Lipinski definition) is 1. The maximum Gasteiger partial charge on any atom is 0 e. The summed E-state index contributed by atoms with van der Waals surface area (Å²) in [6, 6.07) is 0. The Morgan fingerprint density at radius 3 is 1.27 bits per heavy atom. The van der Waals surface area contributed by atoms with Crippen molar-refractivity contribution in [3.8, 4) is 0 Å². The van der Waals surface area contributed by atoms with Gasteiger partial charge in [0.15, 0.2) is 0 Å². The van der Waals surface area contributed by atoms with Crippen molar-refractivity contribution in [3.63, 3.8) is 0 Å². The van der Waals surface area contributed by atoms with Crippen LogP contribution in [0.4, 0.5) is 0 Å². The molecule has 58 valence electrons. The molecule has 0 fully saturated rings. The molecule has 0 aliphatic rings. The molecule has 0 aromatic carbocycles. The van der Waals surface area contributed by atoms with Crippen molar-refractivity contribution in [3.05, 3.63) is 0 Å². The van der Waals surface area contributed by atoms with Gasteiger partial charge >= 0.3 is 0 Å². The van der Waals surface area contributed by atoms with Gasteiger partial charge in [-0.2, -0.15) is 0 Å². The van der Waals surface area contributed by atoms with E-state index in [9.17, 15) is 0 Å². The quantitative estimate of drug-likeness (QED) is 0.581. The minimum atomic E-state index is 0. The monoisotopic (exact) mass is 143 g/mol. The molecule has 3 heteroatoms. The van der Waals surface area contributed by atoms with Crippen LogP contribution in [0.3, 0.4) is 0 Å². The fourth-order valence-corrected chi connectivity index (χ4v) is 0.661. The van der Waals surface area contributed by atoms with Crippen LogP contribution in [0.2, 0.25) is 0 Å². The van der Waals surface area contributed by atoms with Gasteiger partial charge in [0.2, 0.25) is 0 Å². The van der Waals surface area contributed by atoms with Crippen LogP contribution in [0.1, 0.15) is 27.7 Å². The van der Waals surface area contributed by atoms with Crippen molar-refractivity contribution in [1.29, 1.82) is 0 Å². The number of rotatable bonds is 4. The zero-order valence-corrected chi connectivity index (χ0v) is 9.07. The van der Waals surface area contributed by atoms with Crippen LogP contribution in [0.5, 0.6) is 0 Å². The van der Waals surface area contributed by atoms with Crippen molar-refractivity contribution in [2.24, 2.45) is 11.8 Å². The zero-order valence-electron chi connectivity index (χ0n) is 9.07. The minimum absolute atomic E-state index is 0. The maximum absolute atomic E-state index is 3.38. The molecule has 0 aliphatic heterocycles. The van der Waals surface area contributed by atoms with Gasteiger partial charge in [-0.1, -0.05) is 27.7 Å². The van der Waals surface area contributed by atoms with Crippen LogP contribution >= 0.6 is 0 Å². The SMILES string of the molecule is CC(C)CNCC(C)C.[Li].[Li]. The molecule has 0 aromatic heterocycles. The first kappa shape index (κ1) is 18.0. The zero-order chi connectivity index (χ0) is 7.28. The summed E-state index contributed by atoms with van der Waals surface area (Å²) in [6.45, 7) is 11.2. The summed E-state index contributed by atoms with van der Waals surface area (Å²) in [7, 11) is 0. The molecule has 2 radical (unpaired) electrons. The molecule has 0 spiro atoms. The minimum Gasteiger partial charge on any atom is -0.316 e. The second kappa shape index (κ2) is 11.2. The number of nitrogens with one attached hydrogen (secondary N) is 1. The van der Waals surface area contributed by atoms with Gasteiger partial charge in [0, 0.05) is 37.7 Å². The summed E-state index contributed by atoms with van der Waals surface area (Å²) in [4.78, 5) is 0. The van der Waals surface area contributed by atoms with E-state index >= 15 is 0 Å². The van der Waals surface area contributed by atoms with Crippen LogP contribution < -0.4 is 5.32 Å². The van der Waals surface area contributed by atoms with E-state index in [1.807, 2.05) is 0 Å². The van der Waals surface area contributed by atoms with Crippen molar-refractivity contribution in [1.82, 2.24) is 5.32 Å². The Morgan fingerprint density at radius 2 is 1.09 bits per heavy atom. The molecule has 0 aromatic rings. The Labute approximate surface area is 95.4 Å². The summed E-state index contributed by atoms with van der Waals surface area (Å²) in [5.74, 6) is 1.56. The van der Waals surface area contributed by atoms with E-state index in [4.69, 9.17) is 0 Å². The van der Waals surface area contributed by atoms with Crippen LogP contribution in [0.15, 0.2) is 0 Å². The van der Waals surface area contributed by atoms with Gasteiger partial charge < -0.3 is 5.32 Å². The first-order chi connectivity index (χ1) is 4.13. The van der Waals surface area contributed by atoms with E-state index < -0.39 is 0 Å². The number of hydrogen-bond acceptors (Lipinski definition) is 1. The van der Waals surface area contributed by atoms with Crippen molar-refractivity contribution >= 4 is 37.7 Å². The van der Waals surface area contributed by atoms with E-state index in [0.717, 1.165) is 24.9 Å². The largest absolute Gasteiger partial charge is 0.316 e. The van der Waals surface area contributed by atoms with E-state index in [2.05, 4.69) is 33.0 Å². The Hall–Kier alpha value is 1.15. The van der Waals surface area contributed by atoms with E-state index in [1.54, 1.807) is 0 Å². The van der Waals surface area contributed by atoms with E-state index in [-0.39, 0.29) is 37.7 Å². The van der Waals surface area contributed by atoms with Gasteiger partial charge in [-0.15, -0.1) is 0 Å². The third-order valence-electron chi connectivity index (χ3n) is 1.11. The summed E-state index contributed by atoms with van der Waals surface area (Å²) >= 11 is 0. The standard InChI is InChI=1S/C8H19N.2Li/c1-7(2)5-9-6-8(3)4;;/h7-9H,5-6H2,1-4H3;;. The van der Waals surface area contributed by atoms with Crippen LogP contribution in [0.25, 0.3) is 0 Å². The van der Waals surface area contributed by atoms with Crippen LogP contribution in [0, 0.1) is 11.8 Å². The maximum atomic E-state index is 3.38. The molecule has 0 bridgehead atoms. The molecule has 0 heterocycles. The van der Waals surface area contributed by atoms with Gasteiger partial charge in [0.1, 0.15) is 0 Å². The predicted octanol–water partition coefficient (Wildman–Crippen LogP) is 1.13. The first-order valence-corrected chi connectivity index (χ1v) is 3.83. The summed E-state index contributed by atoms with van der Waals surface area (Å²) in [5.41, 5.74) is 0. The average molecular weight is 143 g/mol. The third kappa shape index (κ3) is 18.3. The first-order valence-electron chi connectivity index (χ1n) is 3.83. The average Bonchev–Trinajstić information content (AvgIpc) is 1.63. The molecule has 0 rings (SSSR count). The van der Waals surface area contributed by atoms with E-state index in [0.29, 0.717) is 0 Å². The fraction of sp³-hybridized carbons (Fsp3) is 1.00. The molecule has 1 N–H and O–H groups in total. The van der Waals surface area contributed by atoms with Gasteiger partial charge in [-0.3, -0.25) is 0 Å². The molecule has 1 nitrogen and oxygen atoms in total. The van der Waals surface area contributed by atoms with Gasteiger partial charge in [-0.05, 0) is 24.9 Å². The Kier molecular flexibility index (Phi) is 18.3. The molecule has 11 heavy (non-hydrogen) atoms. The van der Waals surface area contributed by atoms with Crippen molar-refractivity contribution in [2.45, 2.75) is 27.7 Å². The Balaban J connectivity index is -0.000000320. The van der Waals surface area contributed by atoms with Gasteiger partial charge in [0.05, 0.1) is 0 Å². The Morgan fingerprint density at radius 1 is 0.818 bits per heavy atom. The third-order valence-corrected chi connectivity index (χ3v) is 1.11. The molecule has 0 atom stereocenters. The van der Waals surface area contributed by atoms with Gasteiger partial charge in [-0.25, -0.2) is 0 Å². The molecule has 0 amide bonds. The fourth-order valence-electron chi connectivity index (χ4n) is 0.661. The molecule has 0 aliphatic carbocycles. The second-order valence-electron chi connectivity index (χ2n) is 3.45. The molecule has 0 saturated carbocycles. The Bertz CT molecular complexity index is 57.1. The van der Waals surface area contributed by atoms with Crippen molar-refractivity contribution < 1.29 is 0 Å². The van der Waals surface area contributed by atoms with Crippen LogP contribution in [-0.2, 0) is 0 Å². The van der Waals surface area contributed by atoms with Gasteiger partial charge in [0.25, 0.3) is 0 Å². The smallest absolute Gasteiger partial charge is 0 e. The molecular weight excluding hydrogens is 124 g/mol. The second-order valence-corrected chi connectivity index (χ2v) is 3.45. The van der Waals surface area contributed by atoms with Crippen molar-refractivity contribution in [2.75, 3.05) is 13.1 Å². The summed E-state index contributed by atoms with van der Waals surface area (Å²) in [6.07, 6.45) is 0. The molecule has 0 saturated heterocycles. The van der Waals surface area contributed by atoms with E-state index in [1.165, 1.54) is 0 Å². The molecular formula is C8H19Li2N. The normalized spacial score (nSPS) is 9.27. The topological polar surface area (TPSA) is 12.0 Å². The predicted molar refractivity (Wildman–Crippen MR) is 54.1 cm³/mol. The van der Waals surface area contributed by atoms with Crippen LogP contribution in [-0.4, -0.2) is 50.8 Å². The summed E-state index contributed by atoms with van der Waals surface area (Å²) < 4.78 is 0. The summed E-state index contributed by atoms with van der Waals surface area (Å²) in [5, 5.41) is 3.38. The molecule has 0 unspecified atom stereocenters.